The third-order valence-corrected chi connectivity index (χ3v) is 5.60. The van der Waals surface area contributed by atoms with E-state index in [1.165, 1.54) is 18.2 Å². The molecule has 4 heteroatoms. The first-order chi connectivity index (χ1) is 14.9. The van der Waals surface area contributed by atoms with E-state index in [0.29, 0.717) is 11.1 Å². The number of hydrogen-bond acceptors (Lipinski definition) is 3. The molecule has 0 atom stereocenters. The molecule has 0 aliphatic heterocycles. The number of allylic oxidation sites excluding steroid dienone is 10. The van der Waals surface area contributed by atoms with Crippen LogP contribution < -0.4 is 0 Å². The van der Waals surface area contributed by atoms with Gasteiger partial charge < -0.3 is 5.11 Å². The van der Waals surface area contributed by atoms with Gasteiger partial charge in [0.05, 0.1) is 5.56 Å². The molecule has 0 fully saturated rings. The van der Waals surface area contributed by atoms with E-state index in [0.717, 1.165) is 60.8 Å². The molecule has 0 unspecified atom stereocenters. The largest absolute Gasteiger partial charge is 0.478 e. The lowest BCUT2D eigenvalue weighted by Gasteiger charge is -2.18. The second-order valence-corrected chi connectivity index (χ2v) is 7.92. The number of carbonyl (C=O) groups excluding carboxylic acids is 2. The van der Waals surface area contributed by atoms with Gasteiger partial charge in [-0.2, -0.15) is 0 Å². The number of benzene rings is 1. The highest BCUT2D eigenvalue weighted by molar-refractivity contribution is 6.28. The fraction of sp³-hybridized carbons (Fsp3) is 0.296. The number of carboxylic acid groups (broad SMARTS) is 1. The Hall–Kier alpha value is -3.27. The van der Waals surface area contributed by atoms with Gasteiger partial charge in [0.15, 0.2) is 11.6 Å². The zero-order valence-corrected chi connectivity index (χ0v) is 18.1. The van der Waals surface area contributed by atoms with Crippen LogP contribution in [-0.2, 0) is 9.59 Å². The zero-order chi connectivity index (χ0) is 22.4. The Balaban J connectivity index is 2.03. The molecule has 0 spiro atoms. The lowest BCUT2D eigenvalue weighted by molar-refractivity contribution is -0.112. The molecule has 0 saturated carbocycles. The Labute approximate surface area is 183 Å². The number of rotatable bonds is 8. The Morgan fingerprint density at radius 2 is 1.39 bits per heavy atom. The summed E-state index contributed by atoms with van der Waals surface area (Å²) >= 11 is 0. The molecule has 2 aliphatic rings. The molecule has 160 valence electrons. The van der Waals surface area contributed by atoms with Gasteiger partial charge in [-0.1, -0.05) is 44.9 Å². The highest BCUT2D eigenvalue weighted by atomic mass is 16.4. The number of ketones is 2. The molecule has 4 nitrogen and oxygen atoms in total. The SMILES string of the molecule is CCCCC1=CC(=C2C=CC(=O)C(c3ccc(C(=O)O)cc3)=C2)C=C(CCCC)C1=O. The molecule has 0 heterocycles. The average molecular weight is 417 g/mol. The summed E-state index contributed by atoms with van der Waals surface area (Å²) in [6, 6.07) is 6.32. The third-order valence-electron chi connectivity index (χ3n) is 5.60. The minimum Gasteiger partial charge on any atom is -0.478 e. The van der Waals surface area contributed by atoms with Crippen molar-refractivity contribution in [3.63, 3.8) is 0 Å². The van der Waals surface area contributed by atoms with Crippen LogP contribution >= 0.6 is 0 Å². The van der Waals surface area contributed by atoms with Gasteiger partial charge in [-0.3, -0.25) is 9.59 Å². The van der Waals surface area contributed by atoms with E-state index in [-0.39, 0.29) is 17.1 Å². The van der Waals surface area contributed by atoms with E-state index < -0.39 is 5.97 Å². The Morgan fingerprint density at radius 3 is 1.90 bits per heavy atom. The lowest BCUT2D eigenvalue weighted by Crippen LogP contribution is -2.12. The predicted octanol–water partition coefficient (Wildman–Crippen LogP) is 6.02. The molecule has 1 aromatic rings. The van der Waals surface area contributed by atoms with Gasteiger partial charge in [-0.25, -0.2) is 4.79 Å². The van der Waals surface area contributed by atoms with Crippen molar-refractivity contribution >= 4 is 23.1 Å². The van der Waals surface area contributed by atoms with Gasteiger partial charge in [0.25, 0.3) is 0 Å². The quantitative estimate of drug-likeness (QED) is 0.562. The summed E-state index contributed by atoms with van der Waals surface area (Å²) in [5.74, 6) is -0.972. The van der Waals surface area contributed by atoms with Gasteiger partial charge in [-0.15, -0.1) is 0 Å². The number of hydrogen-bond donors (Lipinski definition) is 1. The normalized spacial score (nSPS) is 16.3. The Morgan fingerprint density at radius 1 is 0.806 bits per heavy atom. The van der Waals surface area contributed by atoms with E-state index in [2.05, 4.69) is 13.8 Å². The third kappa shape index (κ3) is 5.26. The highest BCUT2D eigenvalue weighted by Gasteiger charge is 2.22. The minimum atomic E-state index is -1.00. The standard InChI is InChI=1S/C27H28O4/c1-3-5-7-21-15-23(16-22(26(21)29)8-6-4-2)20-13-14-25(28)24(17-20)18-9-11-19(12-10-18)27(30)31/h9-17H,3-8H2,1-2H3,(H,30,31). The van der Waals surface area contributed by atoms with Gasteiger partial charge in [0.1, 0.15) is 0 Å². The van der Waals surface area contributed by atoms with Crippen LogP contribution in [0.3, 0.4) is 0 Å². The van der Waals surface area contributed by atoms with Crippen molar-refractivity contribution < 1.29 is 19.5 Å². The molecule has 0 radical (unpaired) electrons. The zero-order valence-electron chi connectivity index (χ0n) is 18.1. The second-order valence-electron chi connectivity index (χ2n) is 7.92. The van der Waals surface area contributed by atoms with Crippen molar-refractivity contribution in [1.29, 1.82) is 0 Å². The topological polar surface area (TPSA) is 71.4 Å². The average Bonchev–Trinajstić information content (AvgIpc) is 2.78. The summed E-state index contributed by atoms with van der Waals surface area (Å²) in [5.41, 5.74) is 4.88. The highest BCUT2D eigenvalue weighted by Crippen LogP contribution is 2.31. The number of carboxylic acids is 1. The molecule has 0 bridgehead atoms. The second kappa shape index (κ2) is 10.2. The summed E-state index contributed by atoms with van der Waals surface area (Å²) in [7, 11) is 0. The molecular weight excluding hydrogens is 388 g/mol. The van der Waals surface area contributed by atoms with Crippen LogP contribution in [0.2, 0.25) is 0 Å². The van der Waals surface area contributed by atoms with Crippen LogP contribution in [0.15, 0.2) is 76.9 Å². The van der Waals surface area contributed by atoms with Crippen LogP contribution in [0.25, 0.3) is 5.57 Å². The van der Waals surface area contributed by atoms with E-state index >= 15 is 0 Å². The first-order valence-corrected chi connectivity index (χ1v) is 10.9. The van der Waals surface area contributed by atoms with Crippen LogP contribution in [-0.4, -0.2) is 22.6 Å². The maximum Gasteiger partial charge on any atom is 0.335 e. The molecule has 0 amide bonds. The lowest BCUT2D eigenvalue weighted by atomic mass is 9.84. The summed E-state index contributed by atoms with van der Waals surface area (Å²) in [6.07, 6.45) is 14.6. The number of unbranched alkanes of at least 4 members (excludes halogenated alkanes) is 2. The predicted molar refractivity (Wildman–Crippen MR) is 123 cm³/mol. The van der Waals surface area contributed by atoms with Crippen molar-refractivity contribution in [2.75, 3.05) is 0 Å². The number of Topliss-reactive ketones (excluding diaryl/α,β-unsaturated/α-hetero) is 1. The van der Waals surface area contributed by atoms with Crippen LogP contribution in [0.5, 0.6) is 0 Å². The summed E-state index contributed by atoms with van der Waals surface area (Å²) in [5, 5.41) is 9.10. The fourth-order valence-corrected chi connectivity index (χ4v) is 3.75. The molecular formula is C27H28O4. The van der Waals surface area contributed by atoms with Crippen LogP contribution in [0, 0.1) is 0 Å². The summed E-state index contributed by atoms with van der Waals surface area (Å²) in [4.78, 5) is 36.5. The smallest absolute Gasteiger partial charge is 0.335 e. The molecule has 3 rings (SSSR count). The van der Waals surface area contributed by atoms with Gasteiger partial charge >= 0.3 is 5.97 Å². The maximum atomic E-state index is 12.9. The van der Waals surface area contributed by atoms with Crippen molar-refractivity contribution in [3.8, 4) is 0 Å². The number of carbonyl (C=O) groups is 3. The van der Waals surface area contributed by atoms with Gasteiger partial charge in [0, 0.05) is 16.7 Å². The first kappa shape index (κ1) is 22.4. The molecule has 1 aromatic carbocycles. The molecule has 0 saturated heterocycles. The molecule has 0 aromatic heterocycles. The maximum absolute atomic E-state index is 12.9. The molecule has 1 N–H and O–H groups in total. The van der Waals surface area contributed by atoms with Crippen molar-refractivity contribution in [2.24, 2.45) is 0 Å². The monoisotopic (exact) mass is 416 g/mol. The number of aromatic carboxylic acids is 1. The van der Waals surface area contributed by atoms with Crippen LogP contribution in [0.1, 0.15) is 68.3 Å². The van der Waals surface area contributed by atoms with E-state index in [1.54, 1.807) is 18.2 Å². The van der Waals surface area contributed by atoms with Crippen molar-refractivity contribution in [1.82, 2.24) is 0 Å². The minimum absolute atomic E-state index is 0.121. The van der Waals surface area contributed by atoms with Crippen molar-refractivity contribution in [3.05, 3.63) is 88.1 Å². The Kier molecular flexibility index (Phi) is 7.35. The Bertz CT molecular complexity index is 1010. The first-order valence-electron chi connectivity index (χ1n) is 10.9. The van der Waals surface area contributed by atoms with Crippen molar-refractivity contribution in [2.45, 2.75) is 52.4 Å². The fourth-order valence-electron chi connectivity index (χ4n) is 3.75. The van der Waals surface area contributed by atoms with Crippen LogP contribution in [0.4, 0.5) is 0 Å². The van der Waals surface area contributed by atoms with E-state index in [1.807, 2.05) is 18.2 Å². The van der Waals surface area contributed by atoms with Gasteiger partial charge in [-0.05, 0) is 78.8 Å². The summed E-state index contributed by atoms with van der Waals surface area (Å²) < 4.78 is 0. The van der Waals surface area contributed by atoms with E-state index in [4.69, 9.17) is 5.11 Å². The molecule has 31 heavy (non-hydrogen) atoms. The van der Waals surface area contributed by atoms with Gasteiger partial charge in [0.2, 0.25) is 0 Å². The molecule has 2 aliphatic carbocycles. The van der Waals surface area contributed by atoms with E-state index in [9.17, 15) is 14.4 Å². The summed E-state index contributed by atoms with van der Waals surface area (Å²) in [6.45, 7) is 4.22.